The van der Waals surface area contributed by atoms with Gasteiger partial charge in [0.25, 0.3) is 0 Å². The Balaban J connectivity index is 1.30. The molecule has 0 radical (unpaired) electrons. The SMILES string of the molecule is CN1C(=O)CC(c2ccncn2)NC1OC1CCN(C(=O)Oc2ccccc2)CC1. The normalized spacial score (nSPS) is 22.8. The molecule has 3 heterocycles. The number of amides is 2. The molecule has 2 aliphatic rings. The van der Waals surface area contributed by atoms with E-state index in [4.69, 9.17) is 9.47 Å². The van der Waals surface area contributed by atoms with E-state index in [1.54, 1.807) is 41.2 Å². The number of aromatic nitrogens is 2. The summed E-state index contributed by atoms with van der Waals surface area (Å²) in [5.74, 6) is 0.523. The standard InChI is InChI=1S/C21H25N5O4/c1-25-19(27)13-18(17-7-10-22-14-23-17)24-20(25)29-16-8-11-26(12-9-16)21(28)30-15-5-3-2-4-6-15/h2-7,10,14,16,18,20,24H,8-9,11-13H2,1H3. The fourth-order valence-electron chi connectivity index (χ4n) is 3.63. The Kier molecular flexibility index (Phi) is 6.20. The quantitative estimate of drug-likeness (QED) is 0.821. The van der Waals surface area contributed by atoms with Crippen LogP contribution in [0.15, 0.2) is 48.9 Å². The Bertz CT molecular complexity index is 858. The molecule has 9 nitrogen and oxygen atoms in total. The van der Waals surface area contributed by atoms with Gasteiger partial charge in [-0.15, -0.1) is 0 Å². The van der Waals surface area contributed by atoms with Crippen LogP contribution in [0, 0.1) is 0 Å². The van der Waals surface area contributed by atoms with Crippen LogP contribution >= 0.6 is 0 Å². The minimum Gasteiger partial charge on any atom is -0.410 e. The number of rotatable bonds is 4. The number of benzene rings is 1. The van der Waals surface area contributed by atoms with Crippen molar-refractivity contribution in [1.82, 2.24) is 25.1 Å². The first kappa shape index (κ1) is 20.2. The van der Waals surface area contributed by atoms with E-state index in [0.29, 0.717) is 38.1 Å². The molecule has 1 aromatic heterocycles. The maximum Gasteiger partial charge on any atom is 0.415 e. The van der Waals surface area contributed by atoms with Crippen molar-refractivity contribution in [3.8, 4) is 5.75 Å². The van der Waals surface area contributed by atoms with Crippen molar-refractivity contribution in [2.24, 2.45) is 0 Å². The van der Waals surface area contributed by atoms with E-state index in [9.17, 15) is 9.59 Å². The zero-order valence-corrected chi connectivity index (χ0v) is 16.8. The first-order valence-electron chi connectivity index (χ1n) is 10.0. The van der Waals surface area contributed by atoms with Crippen LogP contribution < -0.4 is 10.1 Å². The Morgan fingerprint density at radius 2 is 1.93 bits per heavy atom. The first-order chi connectivity index (χ1) is 14.6. The fraction of sp³-hybridized carbons (Fsp3) is 0.429. The van der Waals surface area contributed by atoms with Crippen molar-refractivity contribution in [3.63, 3.8) is 0 Å². The molecule has 2 aliphatic heterocycles. The molecule has 2 aromatic rings. The van der Waals surface area contributed by atoms with Gasteiger partial charge in [-0.2, -0.15) is 0 Å². The fourth-order valence-corrected chi connectivity index (χ4v) is 3.63. The van der Waals surface area contributed by atoms with Gasteiger partial charge in [0.15, 0.2) is 6.35 Å². The third-order valence-electron chi connectivity index (χ3n) is 5.40. The lowest BCUT2D eigenvalue weighted by Crippen LogP contribution is -2.57. The van der Waals surface area contributed by atoms with E-state index < -0.39 is 6.35 Å². The summed E-state index contributed by atoms with van der Waals surface area (Å²) in [6, 6.07) is 10.6. The molecule has 2 saturated heterocycles. The van der Waals surface area contributed by atoms with Crippen LogP contribution in [0.3, 0.4) is 0 Å². The van der Waals surface area contributed by atoms with Crippen molar-refractivity contribution >= 4 is 12.0 Å². The average Bonchev–Trinajstić information content (AvgIpc) is 2.78. The number of carbonyl (C=O) groups is 2. The lowest BCUT2D eigenvalue weighted by molar-refractivity contribution is -0.169. The zero-order chi connectivity index (χ0) is 20.9. The number of likely N-dealkylation sites (tertiary alicyclic amines) is 1. The van der Waals surface area contributed by atoms with Crippen molar-refractivity contribution in [2.45, 2.75) is 37.8 Å². The number of hydrogen-bond donors (Lipinski definition) is 1. The number of nitrogens with zero attached hydrogens (tertiary/aromatic N) is 4. The lowest BCUT2D eigenvalue weighted by atomic mass is 10.1. The van der Waals surface area contributed by atoms with Gasteiger partial charge in [-0.3, -0.25) is 10.1 Å². The summed E-state index contributed by atoms with van der Waals surface area (Å²) in [5.41, 5.74) is 0.763. The second-order valence-electron chi connectivity index (χ2n) is 7.42. The largest absolute Gasteiger partial charge is 0.415 e. The highest BCUT2D eigenvalue weighted by Crippen LogP contribution is 2.25. The summed E-state index contributed by atoms with van der Waals surface area (Å²) in [4.78, 5) is 36.2. The summed E-state index contributed by atoms with van der Waals surface area (Å²) >= 11 is 0. The Hall–Kier alpha value is -3.04. The second kappa shape index (κ2) is 9.19. The van der Waals surface area contributed by atoms with Gasteiger partial charge in [0, 0.05) is 32.8 Å². The molecule has 0 spiro atoms. The van der Waals surface area contributed by atoms with E-state index in [1.807, 2.05) is 18.2 Å². The molecule has 9 heteroatoms. The van der Waals surface area contributed by atoms with Crippen LogP contribution in [0.2, 0.25) is 0 Å². The highest BCUT2D eigenvalue weighted by Gasteiger charge is 2.35. The number of ether oxygens (including phenoxy) is 2. The Morgan fingerprint density at radius 3 is 2.63 bits per heavy atom. The molecule has 2 unspecified atom stereocenters. The molecular weight excluding hydrogens is 386 g/mol. The molecule has 4 rings (SSSR count). The number of piperidine rings is 1. The average molecular weight is 411 g/mol. The predicted octanol–water partition coefficient (Wildman–Crippen LogP) is 1.93. The Labute approximate surface area is 175 Å². The minimum absolute atomic E-state index is 0.00811. The molecule has 0 saturated carbocycles. The molecule has 1 N–H and O–H groups in total. The molecule has 158 valence electrons. The molecular formula is C21H25N5O4. The van der Waals surface area contributed by atoms with Crippen LogP contribution in [0.5, 0.6) is 5.75 Å². The summed E-state index contributed by atoms with van der Waals surface area (Å²) < 4.78 is 11.6. The van der Waals surface area contributed by atoms with Gasteiger partial charge in [-0.05, 0) is 31.0 Å². The van der Waals surface area contributed by atoms with Gasteiger partial charge < -0.3 is 19.3 Å². The van der Waals surface area contributed by atoms with E-state index >= 15 is 0 Å². The Morgan fingerprint density at radius 1 is 1.17 bits per heavy atom. The minimum atomic E-state index is -0.543. The van der Waals surface area contributed by atoms with Crippen molar-refractivity contribution in [1.29, 1.82) is 0 Å². The maximum atomic E-state index is 12.4. The predicted molar refractivity (Wildman–Crippen MR) is 107 cm³/mol. The van der Waals surface area contributed by atoms with Crippen LogP contribution in [0.1, 0.15) is 31.0 Å². The number of nitrogens with one attached hydrogen (secondary N) is 1. The summed E-state index contributed by atoms with van der Waals surface area (Å²) in [6.45, 7) is 1.08. The molecule has 2 atom stereocenters. The number of carbonyl (C=O) groups excluding carboxylic acids is 2. The molecule has 2 fully saturated rings. The smallest absolute Gasteiger partial charge is 0.410 e. The molecule has 1 aromatic carbocycles. The van der Waals surface area contributed by atoms with Gasteiger partial charge in [0.1, 0.15) is 12.1 Å². The van der Waals surface area contributed by atoms with Gasteiger partial charge in [-0.1, -0.05) is 18.2 Å². The van der Waals surface area contributed by atoms with Crippen LogP contribution in [-0.4, -0.2) is 64.4 Å². The van der Waals surface area contributed by atoms with Crippen LogP contribution in [-0.2, 0) is 9.53 Å². The monoisotopic (exact) mass is 411 g/mol. The van der Waals surface area contributed by atoms with Crippen LogP contribution in [0.4, 0.5) is 4.79 Å². The van der Waals surface area contributed by atoms with E-state index in [1.165, 1.54) is 6.33 Å². The van der Waals surface area contributed by atoms with E-state index in [2.05, 4.69) is 15.3 Å². The highest BCUT2D eigenvalue weighted by molar-refractivity contribution is 5.77. The van der Waals surface area contributed by atoms with E-state index in [-0.39, 0.29) is 24.1 Å². The molecule has 30 heavy (non-hydrogen) atoms. The maximum absolute atomic E-state index is 12.4. The number of para-hydroxylation sites is 1. The molecule has 0 aliphatic carbocycles. The lowest BCUT2D eigenvalue weighted by Gasteiger charge is -2.40. The number of hydrogen-bond acceptors (Lipinski definition) is 7. The van der Waals surface area contributed by atoms with Crippen molar-refractivity contribution in [3.05, 3.63) is 54.6 Å². The van der Waals surface area contributed by atoms with Crippen molar-refractivity contribution in [2.75, 3.05) is 20.1 Å². The third kappa shape index (κ3) is 4.74. The first-order valence-corrected chi connectivity index (χ1v) is 10.0. The molecule has 2 amide bonds. The van der Waals surface area contributed by atoms with Gasteiger partial charge >= 0.3 is 6.09 Å². The molecule has 0 bridgehead atoms. The summed E-state index contributed by atoms with van der Waals surface area (Å²) in [7, 11) is 1.72. The van der Waals surface area contributed by atoms with Gasteiger partial charge in [0.2, 0.25) is 5.91 Å². The summed E-state index contributed by atoms with van der Waals surface area (Å²) in [5, 5.41) is 3.35. The van der Waals surface area contributed by atoms with Gasteiger partial charge in [-0.25, -0.2) is 14.8 Å². The van der Waals surface area contributed by atoms with Gasteiger partial charge in [0.05, 0.1) is 17.8 Å². The topological polar surface area (TPSA) is 96.9 Å². The van der Waals surface area contributed by atoms with Crippen LogP contribution in [0.25, 0.3) is 0 Å². The van der Waals surface area contributed by atoms with E-state index in [0.717, 1.165) is 5.69 Å². The third-order valence-corrected chi connectivity index (χ3v) is 5.40. The summed E-state index contributed by atoms with van der Waals surface area (Å²) in [6.07, 6.45) is 3.82. The zero-order valence-electron chi connectivity index (χ0n) is 16.8. The highest BCUT2D eigenvalue weighted by atomic mass is 16.6. The second-order valence-corrected chi connectivity index (χ2v) is 7.42. The van der Waals surface area contributed by atoms with Crippen molar-refractivity contribution < 1.29 is 19.1 Å².